The lowest BCUT2D eigenvalue weighted by Crippen LogP contribution is -2.08. The smallest absolute Gasteiger partial charge is 0.225 e. The van der Waals surface area contributed by atoms with Crippen molar-refractivity contribution in [2.45, 2.75) is 13.3 Å². The maximum atomic E-state index is 10.8. The van der Waals surface area contributed by atoms with Crippen molar-refractivity contribution in [3.8, 4) is 0 Å². The molecule has 1 amide bonds. The zero-order valence-electron chi connectivity index (χ0n) is 6.00. The van der Waals surface area contributed by atoms with E-state index in [1.807, 2.05) is 0 Å². The van der Waals surface area contributed by atoms with Crippen molar-refractivity contribution in [1.82, 2.24) is 10.2 Å². The minimum absolute atomic E-state index is 0.0823. The van der Waals surface area contributed by atoms with Gasteiger partial charge in [0, 0.05) is 6.42 Å². The summed E-state index contributed by atoms with van der Waals surface area (Å²) in [6.07, 6.45) is 0.430. The molecule has 0 aliphatic heterocycles. The SMILES string of the molecule is CCC(=O)Nc1nnc(N)s1. The summed E-state index contributed by atoms with van der Waals surface area (Å²) >= 11 is 1.16. The van der Waals surface area contributed by atoms with E-state index < -0.39 is 0 Å². The summed E-state index contributed by atoms with van der Waals surface area (Å²) in [5, 5.41) is 10.5. The standard InChI is InChI=1S/C5H8N4OS/c1-2-3(10)7-5-9-8-4(6)11-5/h2H2,1H3,(H2,6,8)(H,7,9,10). The van der Waals surface area contributed by atoms with Gasteiger partial charge in [-0.2, -0.15) is 0 Å². The van der Waals surface area contributed by atoms with Crippen LogP contribution in [0.2, 0.25) is 0 Å². The third-order valence-electron chi connectivity index (χ3n) is 1.01. The molecule has 0 saturated carbocycles. The van der Waals surface area contributed by atoms with Crippen LogP contribution in [-0.2, 0) is 4.79 Å². The summed E-state index contributed by atoms with van der Waals surface area (Å²) in [5.74, 6) is -0.0823. The first-order chi connectivity index (χ1) is 5.22. The van der Waals surface area contributed by atoms with E-state index in [0.717, 1.165) is 11.3 Å². The number of rotatable bonds is 2. The van der Waals surface area contributed by atoms with Crippen LogP contribution in [-0.4, -0.2) is 16.1 Å². The van der Waals surface area contributed by atoms with Gasteiger partial charge < -0.3 is 11.1 Å². The van der Waals surface area contributed by atoms with E-state index in [1.165, 1.54) is 0 Å². The summed E-state index contributed by atoms with van der Waals surface area (Å²) in [6.45, 7) is 1.76. The largest absolute Gasteiger partial charge is 0.374 e. The van der Waals surface area contributed by atoms with E-state index in [9.17, 15) is 4.79 Å². The van der Waals surface area contributed by atoms with Crippen molar-refractivity contribution in [2.75, 3.05) is 11.1 Å². The molecule has 0 fully saturated rings. The molecule has 6 heteroatoms. The zero-order chi connectivity index (χ0) is 8.27. The monoisotopic (exact) mass is 172 g/mol. The van der Waals surface area contributed by atoms with E-state index >= 15 is 0 Å². The Morgan fingerprint density at radius 2 is 2.45 bits per heavy atom. The van der Waals surface area contributed by atoms with Gasteiger partial charge >= 0.3 is 0 Å². The summed E-state index contributed by atoms with van der Waals surface area (Å²) in [4.78, 5) is 10.8. The second-order valence-electron chi connectivity index (χ2n) is 1.85. The molecule has 0 saturated heterocycles. The van der Waals surface area contributed by atoms with Gasteiger partial charge in [-0.15, -0.1) is 10.2 Å². The zero-order valence-corrected chi connectivity index (χ0v) is 6.81. The van der Waals surface area contributed by atoms with Gasteiger partial charge in [-0.25, -0.2) is 0 Å². The normalized spacial score (nSPS) is 9.55. The number of nitrogens with one attached hydrogen (secondary N) is 1. The first kappa shape index (κ1) is 7.93. The Morgan fingerprint density at radius 1 is 1.73 bits per heavy atom. The number of nitrogens with two attached hydrogens (primary N) is 1. The lowest BCUT2D eigenvalue weighted by molar-refractivity contribution is -0.115. The highest BCUT2D eigenvalue weighted by molar-refractivity contribution is 7.18. The molecule has 1 rings (SSSR count). The maximum absolute atomic E-state index is 10.8. The van der Waals surface area contributed by atoms with Crippen LogP contribution >= 0.6 is 11.3 Å². The number of hydrogen-bond acceptors (Lipinski definition) is 5. The number of carbonyl (C=O) groups is 1. The number of carbonyl (C=O) groups excluding carboxylic acids is 1. The number of anilines is 2. The minimum atomic E-state index is -0.0823. The molecular formula is C5H8N4OS. The Balaban J connectivity index is 2.57. The highest BCUT2D eigenvalue weighted by Crippen LogP contribution is 2.15. The Labute approximate surface area is 67.6 Å². The van der Waals surface area contributed by atoms with Crippen LogP contribution in [0, 0.1) is 0 Å². The molecule has 5 nitrogen and oxygen atoms in total. The summed E-state index contributed by atoms with van der Waals surface area (Å²) in [5.41, 5.74) is 5.29. The number of aromatic nitrogens is 2. The van der Waals surface area contributed by atoms with Gasteiger partial charge in [0.1, 0.15) is 0 Å². The van der Waals surface area contributed by atoms with E-state index in [4.69, 9.17) is 5.73 Å². The van der Waals surface area contributed by atoms with Crippen LogP contribution in [0.15, 0.2) is 0 Å². The highest BCUT2D eigenvalue weighted by atomic mass is 32.1. The van der Waals surface area contributed by atoms with Crippen molar-refractivity contribution >= 4 is 27.5 Å². The molecule has 0 bridgehead atoms. The van der Waals surface area contributed by atoms with Crippen molar-refractivity contribution in [3.05, 3.63) is 0 Å². The maximum Gasteiger partial charge on any atom is 0.225 e. The quantitative estimate of drug-likeness (QED) is 0.679. The fraction of sp³-hybridized carbons (Fsp3) is 0.400. The number of amides is 1. The third kappa shape index (κ3) is 2.15. The Hall–Kier alpha value is -1.17. The third-order valence-corrected chi connectivity index (χ3v) is 1.68. The summed E-state index contributed by atoms with van der Waals surface area (Å²) in [6, 6.07) is 0. The van der Waals surface area contributed by atoms with E-state index in [2.05, 4.69) is 15.5 Å². The summed E-state index contributed by atoms with van der Waals surface area (Å²) in [7, 11) is 0. The van der Waals surface area contributed by atoms with Crippen LogP contribution in [0.5, 0.6) is 0 Å². The molecule has 3 N–H and O–H groups in total. The van der Waals surface area contributed by atoms with E-state index in [0.29, 0.717) is 16.7 Å². The van der Waals surface area contributed by atoms with Gasteiger partial charge in [-0.1, -0.05) is 18.3 Å². The second kappa shape index (κ2) is 3.29. The van der Waals surface area contributed by atoms with Gasteiger partial charge in [-0.05, 0) is 0 Å². The van der Waals surface area contributed by atoms with Gasteiger partial charge in [-0.3, -0.25) is 4.79 Å². The predicted molar refractivity (Wildman–Crippen MR) is 43.2 cm³/mol. The van der Waals surface area contributed by atoms with Crippen LogP contribution in [0.4, 0.5) is 10.3 Å². The minimum Gasteiger partial charge on any atom is -0.374 e. The topological polar surface area (TPSA) is 80.9 Å². The number of nitrogens with zero attached hydrogens (tertiary/aromatic N) is 2. The van der Waals surface area contributed by atoms with Gasteiger partial charge in [0.05, 0.1) is 0 Å². The Kier molecular flexibility index (Phi) is 2.37. The van der Waals surface area contributed by atoms with E-state index in [-0.39, 0.29) is 5.91 Å². The first-order valence-electron chi connectivity index (χ1n) is 3.11. The summed E-state index contributed by atoms with van der Waals surface area (Å²) < 4.78 is 0. The molecule has 0 aliphatic rings. The number of nitrogen functional groups attached to an aromatic ring is 1. The van der Waals surface area contributed by atoms with Crippen LogP contribution in [0.3, 0.4) is 0 Å². The van der Waals surface area contributed by atoms with Crippen molar-refractivity contribution < 1.29 is 4.79 Å². The first-order valence-corrected chi connectivity index (χ1v) is 3.93. The molecule has 0 radical (unpaired) electrons. The molecule has 1 aromatic heterocycles. The Bertz CT molecular complexity index is 259. The number of hydrogen-bond donors (Lipinski definition) is 2. The molecule has 60 valence electrons. The van der Waals surface area contributed by atoms with Crippen LogP contribution in [0.1, 0.15) is 13.3 Å². The van der Waals surface area contributed by atoms with Gasteiger partial charge in [0.25, 0.3) is 0 Å². The van der Waals surface area contributed by atoms with Crippen molar-refractivity contribution in [2.24, 2.45) is 0 Å². The second-order valence-corrected chi connectivity index (χ2v) is 2.86. The molecule has 0 spiro atoms. The highest BCUT2D eigenvalue weighted by Gasteiger charge is 2.02. The van der Waals surface area contributed by atoms with Crippen LogP contribution < -0.4 is 11.1 Å². The van der Waals surface area contributed by atoms with Crippen molar-refractivity contribution in [1.29, 1.82) is 0 Å². The fourth-order valence-electron chi connectivity index (χ4n) is 0.493. The molecule has 1 heterocycles. The van der Waals surface area contributed by atoms with Gasteiger partial charge in [0.2, 0.25) is 16.2 Å². The molecule has 0 aromatic carbocycles. The van der Waals surface area contributed by atoms with Gasteiger partial charge in [0.15, 0.2) is 0 Å². The molecule has 0 aliphatic carbocycles. The molecule has 11 heavy (non-hydrogen) atoms. The predicted octanol–water partition coefficient (Wildman–Crippen LogP) is 0.469. The lowest BCUT2D eigenvalue weighted by atomic mass is 10.5. The van der Waals surface area contributed by atoms with E-state index in [1.54, 1.807) is 6.92 Å². The van der Waals surface area contributed by atoms with Crippen LogP contribution in [0.25, 0.3) is 0 Å². The molecule has 1 aromatic rings. The average Bonchev–Trinajstić information content (AvgIpc) is 2.35. The molecular weight excluding hydrogens is 164 g/mol. The molecule has 0 unspecified atom stereocenters. The average molecular weight is 172 g/mol. The Morgan fingerprint density at radius 3 is 2.91 bits per heavy atom. The van der Waals surface area contributed by atoms with Crippen molar-refractivity contribution in [3.63, 3.8) is 0 Å². The lowest BCUT2D eigenvalue weighted by Gasteiger charge is -1.93. The molecule has 0 atom stereocenters. The fourth-order valence-corrected chi connectivity index (χ4v) is 1.02.